The molecule has 2 amide bonds. The Morgan fingerprint density at radius 2 is 1.52 bits per heavy atom. The van der Waals surface area contributed by atoms with Crippen molar-refractivity contribution in [3.05, 3.63) is 90.0 Å². The van der Waals surface area contributed by atoms with Crippen molar-refractivity contribution >= 4 is 28.9 Å². The number of ether oxygens (including phenoxy) is 1. The topological polar surface area (TPSA) is 79.5 Å². The first kappa shape index (κ1) is 23.8. The van der Waals surface area contributed by atoms with E-state index < -0.39 is 23.7 Å². The van der Waals surface area contributed by atoms with Crippen LogP contribution in [0.4, 0.5) is 30.2 Å². The predicted octanol–water partition coefficient (Wildman–Crippen LogP) is 5.08. The summed E-state index contributed by atoms with van der Waals surface area (Å²) in [5.74, 6) is -0.834. The van der Waals surface area contributed by atoms with Gasteiger partial charge in [-0.25, -0.2) is 0 Å². The van der Waals surface area contributed by atoms with Gasteiger partial charge in [-0.3, -0.25) is 9.59 Å². The first-order chi connectivity index (χ1) is 15.8. The van der Waals surface area contributed by atoms with Crippen LogP contribution in [0.25, 0.3) is 0 Å². The molecule has 0 saturated carbocycles. The van der Waals surface area contributed by atoms with Crippen LogP contribution in [0.15, 0.2) is 78.9 Å². The van der Waals surface area contributed by atoms with Crippen molar-refractivity contribution in [2.45, 2.75) is 12.2 Å². The SMILES string of the molecule is COCC(=O)Nc1ccc(NC(C(=O)Nc2cccc(C(F)(F)F)c2)c2ccccc2)cc1. The standard InChI is InChI=1S/C24H22F3N3O3/c1-33-15-21(31)28-18-10-12-19(13-11-18)29-22(16-6-3-2-4-7-16)23(32)30-20-9-5-8-17(14-20)24(25,26)27/h2-14,22,29H,15H2,1H3,(H,28,31)(H,30,32). The number of carbonyl (C=O) groups excluding carboxylic acids is 2. The second-order valence-corrected chi connectivity index (χ2v) is 7.11. The molecule has 33 heavy (non-hydrogen) atoms. The van der Waals surface area contributed by atoms with E-state index in [0.717, 1.165) is 12.1 Å². The van der Waals surface area contributed by atoms with E-state index in [1.54, 1.807) is 54.6 Å². The Morgan fingerprint density at radius 3 is 2.15 bits per heavy atom. The van der Waals surface area contributed by atoms with E-state index in [2.05, 4.69) is 16.0 Å². The van der Waals surface area contributed by atoms with Crippen LogP contribution in [0, 0.1) is 0 Å². The molecule has 1 unspecified atom stereocenters. The van der Waals surface area contributed by atoms with Gasteiger partial charge in [-0.1, -0.05) is 36.4 Å². The summed E-state index contributed by atoms with van der Waals surface area (Å²) in [5.41, 5.74) is 0.934. The fraction of sp³-hybridized carbons (Fsp3) is 0.167. The monoisotopic (exact) mass is 457 g/mol. The predicted molar refractivity (Wildman–Crippen MR) is 120 cm³/mol. The number of alkyl halides is 3. The molecule has 0 aliphatic carbocycles. The average Bonchev–Trinajstić information content (AvgIpc) is 2.79. The first-order valence-electron chi connectivity index (χ1n) is 9.95. The van der Waals surface area contributed by atoms with Gasteiger partial charge in [0, 0.05) is 24.2 Å². The smallest absolute Gasteiger partial charge is 0.375 e. The zero-order valence-corrected chi connectivity index (χ0v) is 17.6. The fourth-order valence-electron chi connectivity index (χ4n) is 3.08. The summed E-state index contributed by atoms with van der Waals surface area (Å²) in [4.78, 5) is 24.7. The molecule has 1 atom stereocenters. The lowest BCUT2D eigenvalue weighted by Crippen LogP contribution is -2.27. The minimum Gasteiger partial charge on any atom is -0.375 e. The van der Waals surface area contributed by atoms with Crippen molar-refractivity contribution in [3.8, 4) is 0 Å². The minimum atomic E-state index is -4.52. The zero-order chi connectivity index (χ0) is 23.8. The van der Waals surface area contributed by atoms with E-state index >= 15 is 0 Å². The summed E-state index contributed by atoms with van der Waals surface area (Å²) in [6, 6.07) is 19.0. The molecule has 0 radical (unpaired) electrons. The molecule has 0 fully saturated rings. The number of amides is 2. The Labute approximate surface area is 188 Å². The average molecular weight is 457 g/mol. The fourth-order valence-corrected chi connectivity index (χ4v) is 3.08. The summed E-state index contributed by atoms with van der Waals surface area (Å²) >= 11 is 0. The molecule has 172 valence electrons. The molecule has 3 aromatic carbocycles. The summed E-state index contributed by atoms with van der Waals surface area (Å²) in [6.45, 7) is -0.0776. The molecular formula is C24H22F3N3O3. The third kappa shape index (κ3) is 6.81. The maximum atomic E-state index is 13.0. The minimum absolute atomic E-state index is 0.0359. The zero-order valence-electron chi connectivity index (χ0n) is 17.6. The highest BCUT2D eigenvalue weighted by Crippen LogP contribution is 2.31. The number of nitrogens with one attached hydrogen (secondary N) is 3. The molecule has 3 aromatic rings. The lowest BCUT2D eigenvalue weighted by Gasteiger charge is -2.21. The van der Waals surface area contributed by atoms with Gasteiger partial charge in [-0.2, -0.15) is 13.2 Å². The van der Waals surface area contributed by atoms with Crippen molar-refractivity contribution < 1.29 is 27.5 Å². The Morgan fingerprint density at radius 1 is 0.848 bits per heavy atom. The van der Waals surface area contributed by atoms with Crippen molar-refractivity contribution in [1.29, 1.82) is 0 Å². The van der Waals surface area contributed by atoms with Gasteiger partial charge in [-0.15, -0.1) is 0 Å². The summed E-state index contributed by atoms with van der Waals surface area (Å²) in [5, 5.41) is 8.31. The van der Waals surface area contributed by atoms with Gasteiger partial charge in [0.05, 0.1) is 5.56 Å². The highest BCUT2D eigenvalue weighted by molar-refractivity contribution is 5.97. The quantitative estimate of drug-likeness (QED) is 0.441. The van der Waals surface area contributed by atoms with Crippen LogP contribution < -0.4 is 16.0 Å². The largest absolute Gasteiger partial charge is 0.416 e. The number of hydrogen-bond acceptors (Lipinski definition) is 4. The number of hydrogen-bond donors (Lipinski definition) is 3. The van der Waals surface area contributed by atoms with Crippen LogP contribution in [-0.4, -0.2) is 25.5 Å². The highest BCUT2D eigenvalue weighted by atomic mass is 19.4. The Hall–Kier alpha value is -3.85. The van der Waals surface area contributed by atoms with E-state index in [1.165, 1.54) is 19.2 Å². The molecule has 0 spiro atoms. The maximum absolute atomic E-state index is 13.0. The lowest BCUT2D eigenvalue weighted by molar-refractivity contribution is -0.137. The Bertz CT molecular complexity index is 1090. The molecular weight excluding hydrogens is 435 g/mol. The van der Waals surface area contributed by atoms with Crippen LogP contribution in [0.1, 0.15) is 17.2 Å². The van der Waals surface area contributed by atoms with Gasteiger partial charge in [0.25, 0.3) is 5.91 Å². The van der Waals surface area contributed by atoms with Crippen LogP contribution in [-0.2, 0) is 20.5 Å². The lowest BCUT2D eigenvalue weighted by atomic mass is 10.1. The van der Waals surface area contributed by atoms with Gasteiger partial charge in [0.2, 0.25) is 5.91 Å². The van der Waals surface area contributed by atoms with Crippen LogP contribution in [0.2, 0.25) is 0 Å². The molecule has 0 aliphatic heterocycles. The van der Waals surface area contributed by atoms with E-state index in [0.29, 0.717) is 16.9 Å². The first-order valence-corrected chi connectivity index (χ1v) is 9.95. The summed E-state index contributed by atoms with van der Waals surface area (Å²) in [6.07, 6.45) is -4.52. The summed E-state index contributed by atoms with van der Waals surface area (Å²) in [7, 11) is 1.42. The van der Waals surface area contributed by atoms with Crippen molar-refractivity contribution in [1.82, 2.24) is 0 Å². The number of carbonyl (C=O) groups is 2. The number of anilines is 3. The molecule has 3 N–H and O–H groups in total. The normalized spacial score (nSPS) is 12.0. The molecule has 0 aromatic heterocycles. The summed E-state index contributed by atoms with van der Waals surface area (Å²) < 4.78 is 43.8. The number of methoxy groups -OCH3 is 1. The van der Waals surface area contributed by atoms with E-state index in [1.807, 2.05) is 0 Å². The molecule has 6 nitrogen and oxygen atoms in total. The van der Waals surface area contributed by atoms with Crippen LogP contribution in [0.5, 0.6) is 0 Å². The van der Waals surface area contributed by atoms with Crippen LogP contribution >= 0.6 is 0 Å². The van der Waals surface area contributed by atoms with Crippen molar-refractivity contribution in [2.75, 3.05) is 29.7 Å². The van der Waals surface area contributed by atoms with Gasteiger partial charge >= 0.3 is 6.18 Å². The molecule has 0 saturated heterocycles. The van der Waals surface area contributed by atoms with E-state index in [4.69, 9.17) is 4.74 Å². The van der Waals surface area contributed by atoms with Gasteiger partial charge in [0.1, 0.15) is 12.6 Å². The van der Waals surface area contributed by atoms with Crippen molar-refractivity contribution in [2.24, 2.45) is 0 Å². The van der Waals surface area contributed by atoms with Gasteiger partial charge < -0.3 is 20.7 Å². The maximum Gasteiger partial charge on any atom is 0.416 e. The Kier molecular flexibility index (Phi) is 7.68. The molecule has 0 heterocycles. The van der Waals surface area contributed by atoms with Gasteiger partial charge in [-0.05, 0) is 48.0 Å². The molecule has 3 rings (SSSR count). The molecule has 0 aliphatic rings. The van der Waals surface area contributed by atoms with Crippen molar-refractivity contribution in [3.63, 3.8) is 0 Å². The second-order valence-electron chi connectivity index (χ2n) is 7.11. The van der Waals surface area contributed by atoms with E-state index in [-0.39, 0.29) is 18.2 Å². The molecule has 9 heteroatoms. The van der Waals surface area contributed by atoms with Gasteiger partial charge in [0.15, 0.2) is 0 Å². The number of rotatable bonds is 8. The third-order valence-electron chi connectivity index (χ3n) is 4.61. The third-order valence-corrected chi connectivity index (χ3v) is 4.61. The molecule has 0 bridgehead atoms. The second kappa shape index (κ2) is 10.6. The Balaban J connectivity index is 1.78. The number of halogens is 3. The number of benzene rings is 3. The van der Waals surface area contributed by atoms with Crippen LogP contribution in [0.3, 0.4) is 0 Å². The highest BCUT2D eigenvalue weighted by Gasteiger charge is 2.30. The van der Waals surface area contributed by atoms with E-state index in [9.17, 15) is 22.8 Å².